The van der Waals surface area contributed by atoms with E-state index in [9.17, 15) is 4.79 Å². The zero-order chi connectivity index (χ0) is 13.2. The quantitative estimate of drug-likeness (QED) is 0.862. The number of aromatic nitrogens is 3. The second-order valence-corrected chi connectivity index (χ2v) is 5.81. The summed E-state index contributed by atoms with van der Waals surface area (Å²) in [6.07, 6.45) is 5.08. The molecule has 0 aliphatic heterocycles. The van der Waals surface area contributed by atoms with E-state index in [1.54, 1.807) is 11.3 Å². The molecular weight excluding hydrogens is 262 g/mol. The van der Waals surface area contributed by atoms with Gasteiger partial charge in [-0.25, -0.2) is 9.67 Å². The normalized spacial score (nSPS) is 13.5. The lowest BCUT2D eigenvalue weighted by Gasteiger charge is -2.03. The first-order valence-electron chi connectivity index (χ1n) is 6.23. The Morgan fingerprint density at radius 3 is 3.16 bits per heavy atom. The maximum atomic E-state index is 11.7. The Hall–Kier alpha value is -1.89. The molecule has 1 aliphatic rings. The summed E-state index contributed by atoms with van der Waals surface area (Å²) in [6.45, 7) is 0.732. The smallest absolute Gasteiger partial charge is 0.242 e. The summed E-state index contributed by atoms with van der Waals surface area (Å²) in [5, 5.41) is 6.76. The molecule has 7 heteroatoms. The van der Waals surface area contributed by atoms with E-state index in [0.29, 0.717) is 6.54 Å². The molecule has 0 radical (unpaired) electrons. The van der Waals surface area contributed by atoms with E-state index in [0.717, 1.165) is 0 Å². The molecule has 1 aliphatic carbocycles. The molecule has 0 aromatic carbocycles. The second kappa shape index (κ2) is 5.00. The van der Waals surface area contributed by atoms with Gasteiger partial charge < -0.3 is 11.1 Å². The standard InChI is InChI=1S/C12H15N5OS/c13-12-15-7-17(16-12)6-11(18)14-5-9-4-8-2-1-3-10(8)19-9/h4,7H,1-3,5-6H2,(H2,13,16)(H,14,18). The summed E-state index contributed by atoms with van der Waals surface area (Å²) in [7, 11) is 0. The van der Waals surface area contributed by atoms with Gasteiger partial charge in [0.2, 0.25) is 11.9 Å². The first kappa shape index (κ1) is 12.2. The predicted molar refractivity (Wildman–Crippen MR) is 72.6 cm³/mol. The molecule has 6 nitrogen and oxygen atoms in total. The summed E-state index contributed by atoms with van der Waals surface area (Å²) in [5.74, 6) is 0.0981. The predicted octanol–water partition coefficient (Wildman–Crippen LogP) is 0.727. The molecular formula is C12H15N5OS. The summed E-state index contributed by atoms with van der Waals surface area (Å²) >= 11 is 1.80. The molecule has 19 heavy (non-hydrogen) atoms. The van der Waals surface area contributed by atoms with Crippen molar-refractivity contribution in [1.29, 1.82) is 0 Å². The van der Waals surface area contributed by atoms with Gasteiger partial charge in [0, 0.05) is 9.75 Å². The Labute approximate surface area is 114 Å². The number of carbonyl (C=O) groups excluding carboxylic acids is 1. The Kier molecular flexibility index (Phi) is 3.20. The van der Waals surface area contributed by atoms with Gasteiger partial charge in [-0.15, -0.1) is 16.4 Å². The number of nitrogen functional groups attached to an aromatic ring is 1. The van der Waals surface area contributed by atoms with Crippen LogP contribution in [0.4, 0.5) is 5.95 Å². The van der Waals surface area contributed by atoms with Gasteiger partial charge in [0.1, 0.15) is 12.9 Å². The lowest BCUT2D eigenvalue weighted by Crippen LogP contribution is -2.27. The highest BCUT2D eigenvalue weighted by Gasteiger charge is 2.15. The van der Waals surface area contributed by atoms with E-state index < -0.39 is 0 Å². The van der Waals surface area contributed by atoms with Gasteiger partial charge in [-0.05, 0) is 30.9 Å². The number of carbonyl (C=O) groups is 1. The lowest BCUT2D eigenvalue weighted by molar-refractivity contribution is -0.122. The van der Waals surface area contributed by atoms with Crippen molar-refractivity contribution in [2.75, 3.05) is 5.73 Å². The third kappa shape index (κ3) is 2.76. The third-order valence-corrected chi connectivity index (χ3v) is 4.35. The number of aryl methyl sites for hydroxylation is 2. The molecule has 1 amide bonds. The maximum absolute atomic E-state index is 11.7. The largest absolute Gasteiger partial charge is 0.367 e. The van der Waals surface area contributed by atoms with E-state index in [1.807, 2.05) is 0 Å². The molecule has 0 unspecified atom stereocenters. The number of hydrogen-bond acceptors (Lipinski definition) is 5. The van der Waals surface area contributed by atoms with Gasteiger partial charge in [0.25, 0.3) is 0 Å². The molecule has 3 N–H and O–H groups in total. The van der Waals surface area contributed by atoms with Crippen LogP contribution < -0.4 is 11.1 Å². The van der Waals surface area contributed by atoms with Crippen LogP contribution >= 0.6 is 11.3 Å². The van der Waals surface area contributed by atoms with Crippen LogP contribution in [0.5, 0.6) is 0 Å². The summed E-state index contributed by atoms with van der Waals surface area (Å²) in [4.78, 5) is 18.2. The van der Waals surface area contributed by atoms with Gasteiger partial charge in [-0.3, -0.25) is 4.79 Å². The Balaban J connectivity index is 1.52. The number of nitrogens with zero attached hydrogens (tertiary/aromatic N) is 3. The highest BCUT2D eigenvalue weighted by atomic mass is 32.1. The minimum atomic E-state index is -0.0848. The number of hydrogen-bond donors (Lipinski definition) is 2. The van der Waals surface area contributed by atoms with Crippen LogP contribution in [0.1, 0.15) is 21.7 Å². The van der Waals surface area contributed by atoms with Gasteiger partial charge >= 0.3 is 0 Å². The van der Waals surface area contributed by atoms with Gasteiger partial charge in [0.05, 0.1) is 6.54 Å². The monoisotopic (exact) mass is 277 g/mol. The van der Waals surface area contributed by atoms with Crippen molar-refractivity contribution < 1.29 is 4.79 Å². The number of amides is 1. The van der Waals surface area contributed by atoms with Crippen molar-refractivity contribution in [3.05, 3.63) is 27.7 Å². The van der Waals surface area contributed by atoms with E-state index in [1.165, 1.54) is 45.6 Å². The molecule has 0 saturated carbocycles. The van der Waals surface area contributed by atoms with Crippen LogP contribution in [-0.2, 0) is 30.7 Å². The first-order chi connectivity index (χ1) is 9.20. The second-order valence-electron chi connectivity index (χ2n) is 4.59. The van der Waals surface area contributed by atoms with Crippen molar-refractivity contribution in [1.82, 2.24) is 20.1 Å². The number of rotatable bonds is 4. The fraction of sp³-hybridized carbons (Fsp3) is 0.417. The average molecular weight is 277 g/mol. The first-order valence-corrected chi connectivity index (χ1v) is 7.04. The molecule has 0 spiro atoms. The Morgan fingerprint density at radius 1 is 1.53 bits per heavy atom. The number of nitrogens with one attached hydrogen (secondary N) is 1. The highest BCUT2D eigenvalue weighted by Crippen LogP contribution is 2.30. The zero-order valence-electron chi connectivity index (χ0n) is 10.4. The van der Waals surface area contributed by atoms with Crippen molar-refractivity contribution in [2.24, 2.45) is 0 Å². The topological polar surface area (TPSA) is 85.8 Å². The molecule has 100 valence electrons. The van der Waals surface area contributed by atoms with Crippen LogP contribution in [0.15, 0.2) is 12.4 Å². The Morgan fingerprint density at radius 2 is 2.42 bits per heavy atom. The van der Waals surface area contributed by atoms with Gasteiger partial charge in [0.15, 0.2) is 0 Å². The molecule has 0 saturated heterocycles. The van der Waals surface area contributed by atoms with E-state index >= 15 is 0 Å². The number of anilines is 1. The molecule has 2 aromatic heterocycles. The van der Waals surface area contributed by atoms with Gasteiger partial charge in [-0.2, -0.15) is 0 Å². The molecule has 2 heterocycles. The van der Waals surface area contributed by atoms with Crippen LogP contribution in [0, 0.1) is 0 Å². The van der Waals surface area contributed by atoms with Crippen LogP contribution in [0.2, 0.25) is 0 Å². The maximum Gasteiger partial charge on any atom is 0.242 e. The van der Waals surface area contributed by atoms with E-state index in [2.05, 4.69) is 21.5 Å². The molecule has 0 fully saturated rings. The molecule has 0 bridgehead atoms. The lowest BCUT2D eigenvalue weighted by atomic mass is 10.2. The van der Waals surface area contributed by atoms with E-state index in [4.69, 9.17) is 5.73 Å². The highest BCUT2D eigenvalue weighted by molar-refractivity contribution is 7.12. The summed E-state index contributed by atoms with van der Waals surface area (Å²) in [6, 6.07) is 2.21. The molecule has 3 rings (SSSR count). The Bertz CT molecular complexity index is 582. The number of fused-ring (bicyclic) bond motifs is 1. The minimum absolute atomic E-state index is 0.0848. The summed E-state index contributed by atoms with van der Waals surface area (Å²) < 4.78 is 1.43. The number of thiophene rings is 1. The minimum Gasteiger partial charge on any atom is -0.367 e. The van der Waals surface area contributed by atoms with Crippen LogP contribution in [0.25, 0.3) is 0 Å². The SMILES string of the molecule is Nc1ncn(CC(=O)NCc2cc3c(s2)CCC3)n1. The van der Waals surface area contributed by atoms with Crippen molar-refractivity contribution in [2.45, 2.75) is 32.4 Å². The molecule has 2 aromatic rings. The van der Waals surface area contributed by atoms with Gasteiger partial charge in [-0.1, -0.05) is 0 Å². The zero-order valence-corrected chi connectivity index (χ0v) is 11.2. The van der Waals surface area contributed by atoms with Crippen molar-refractivity contribution >= 4 is 23.2 Å². The average Bonchev–Trinajstić information content (AvgIpc) is 3.02. The van der Waals surface area contributed by atoms with Crippen molar-refractivity contribution in [3.63, 3.8) is 0 Å². The molecule has 0 atom stereocenters. The third-order valence-electron chi connectivity index (χ3n) is 3.12. The van der Waals surface area contributed by atoms with E-state index in [-0.39, 0.29) is 18.4 Å². The fourth-order valence-electron chi connectivity index (χ4n) is 2.25. The number of nitrogens with two attached hydrogens (primary N) is 1. The fourth-order valence-corrected chi connectivity index (χ4v) is 3.45. The van der Waals surface area contributed by atoms with Crippen molar-refractivity contribution in [3.8, 4) is 0 Å². The van der Waals surface area contributed by atoms with Crippen LogP contribution in [-0.4, -0.2) is 20.7 Å². The summed E-state index contributed by atoms with van der Waals surface area (Å²) in [5.41, 5.74) is 6.84. The van der Waals surface area contributed by atoms with Crippen LogP contribution in [0.3, 0.4) is 0 Å².